The third kappa shape index (κ3) is 1.72. The fourth-order valence-corrected chi connectivity index (χ4v) is 1.01. The fraction of sp³-hybridized carbons (Fsp3) is 0.750. The number of esters is 1. The SMILES string of the molecule is C[CH]OC(=O)C(C)C1CC1. The lowest BCUT2D eigenvalue weighted by Crippen LogP contribution is -2.14. The zero-order valence-electron chi connectivity index (χ0n) is 6.46. The highest BCUT2D eigenvalue weighted by Gasteiger charge is 2.33. The molecule has 0 N–H and O–H groups in total. The average molecular weight is 141 g/mol. The molecule has 57 valence electrons. The van der Waals surface area contributed by atoms with Gasteiger partial charge in [0.15, 0.2) is 0 Å². The van der Waals surface area contributed by atoms with Gasteiger partial charge in [0.25, 0.3) is 0 Å². The van der Waals surface area contributed by atoms with E-state index in [0.717, 1.165) is 0 Å². The van der Waals surface area contributed by atoms with Crippen LogP contribution in [-0.4, -0.2) is 5.97 Å². The quantitative estimate of drug-likeness (QED) is 0.560. The molecule has 1 unspecified atom stereocenters. The Labute approximate surface area is 61.6 Å². The maximum Gasteiger partial charge on any atom is 0.309 e. The molecule has 2 nitrogen and oxygen atoms in total. The van der Waals surface area contributed by atoms with Crippen molar-refractivity contribution in [3.8, 4) is 0 Å². The largest absolute Gasteiger partial charge is 0.459 e. The van der Waals surface area contributed by atoms with Crippen LogP contribution in [0.4, 0.5) is 0 Å². The fourth-order valence-electron chi connectivity index (χ4n) is 1.01. The summed E-state index contributed by atoms with van der Waals surface area (Å²) >= 11 is 0. The van der Waals surface area contributed by atoms with Gasteiger partial charge in [0.05, 0.1) is 5.92 Å². The minimum absolute atomic E-state index is 0.0787. The Morgan fingerprint density at radius 3 is 2.70 bits per heavy atom. The lowest BCUT2D eigenvalue weighted by Gasteiger charge is -2.06. The predicted octanol–water partition coefficient (Wildman–Crippen LogP) is 1.76. The van der Waals surface area contributed by atoms with Gasteiger partial charge in [0.2, 0.25) is 0 Å². The monoisotopic (exact) mass is 141 g/mol. The van der Waals surface area contributed by atoms with Crippen LogP contribution in [0.15, 0.2) is 0 Å². The molecule has 0 bridgehead atoms. The number of rotatable bonds is 3. The molecule has 0 heterocycles. The van der Waals surface area contributed by atoms with Gasteiger partial charge < -0.3 is 4.74 Å². The summed E-state index contributed by atoms with van der Waals surface area (Å²) < 4.78 is 4.74. The third-order valence-electron chi connectivity index (χ3n) is 1.93. The molecule has 10 heavy (non-hydrogen) atoms. The van der Waals surface area contributed by atoms with Crippen LogP contribution in [0.5, 0.6) is 0 Å². The highest BCUT2D eigenvalue weighted by atomic mass is 16.5. The van der Waals surface area contributed by atoms with E-state index in [1.807, 2.05) is 6.92 Å². The van der Waals surface area contributed by atoms with E-state index in [9.17, 15) is 4.79 Å². The van der Waals surface area contributed by atoms with Crippen LogP contribution in [0.2, 0.25) is 0 Å². The van der Waals surface area contributed by atoms with Gasteiger partial charge in [-0.05, 0) is 25.7 Å². The predicted molar refractivity (Wildman–Crippen MR) is 38.0 cm³/mol. The molecule has 0 aromatic heterocycles. The van der Waals surface area contributed by atoms with E-state index in [2.05, 4.69) is 0 Å². The summed E-state index contributed by atoms with van der Waals surface area (Å²) in [6.07, 6.45) is 2.39. The van der Waals surface area contributed by atoms with Crippen molar-refractivity contribution >= 4 is 5.97 Å². The van der Waals surface area contributed by atoms with Gasteiger partial charge in [-0.2, -0.15) is 0 Å². The summed E-state index contributed by atoms with van der Waals surface area (Å²) in [5, 5.41) is 0. The maximum absolute atomic E-state index is 11.0. The smallest absolute Gasteiger partial charge is 0.309 e. The molecule has 0 spiro atoms. The van der Waals surface area contributed by atoms with Gasteiger partial charge in [-0.25, -0.2) is 0 Å². The van der Waals surface area contributed by atoms with E-state index < -0.39 is 0 Å². The molecule has 2 heteroatoms. The maximum atomic E-state index is 11.0. The Balaban J connectivity index is 2.24. The lowest BCUT2D eigenvalue weighted by molar-refractivity contribution is -0.144. The molecule has 0 aromatic rings. The molecule has 1 atom stereocenters. The second-order valence-electron chi connectivity index (χ2n) is 2.80. The number of carbonyl (C=O) groups is 1. The van der Waals surface area contributed by atoms with E-state index in [1.54, 1.807) is 6.92 Å². The Morgan fingerprint density at radius 2 is 2.30 bits per heavy atom. The zero-order chi connectivity index (χ0) is 7.56. The Morgan fingerprint density at radius 1 is 1.70 bits per heavy atom. The van der Waals surface area contributed by atoms with E-state index in [4.69, 9.17) is 4.74 Å². The Kier molecular flexibility index (Phi) is 2.30. The molecular weight excluding hydrogens is 128 g/mol. The minimum Gasteiger partial charge on any atom is -0.459 e. The summed E-state index contributed by atoms with van der Waals surface area (Å²) in [7, 11) is 0. The standard InChI is InChI=1S/C8H13O2/c1-3-10-8(9)6(2)7-4-5-7/h3,6-7H,4-5H2,1-2H3. The summed E-state index contributed by atoms with van der Waals surface area (Å²) in [6, 6.07) is 0. The van der Waals surface area contributed by atoms with Crippen LogP contribution in [0.25, 0.3) is 0 Å². The second kappa shape index (κ2) is 3.04. The normalized spacial score (nSPS) is 20.2. The number of hydrogen-bond acceptors (Lipinski definition) is 2. The van der Waals surface area contributed by atoms with Gasteiger partial charge in [0.1, 0.15) is 6.61 Å². The van der Waals surface area contributed by atoms with Crippen LogP contribution in [0.3, 0.4) is 0 Å². The molecule has 0 saturated heterocycles. The molecular formula is C8H13O2. The molecule has 1 rings (SSSR count). The first-order chi connectivity index (χ1) is 4.75. The number of carbonyl (C=O) groups excluding carboxylic acids is 1. The van der Waals surface area contributed by atoms with Gasteiger partial charge in [0, 0.05) is 0 Å². The van der Waals surface area contributed by atoms with Crippen LogP contribution < -0.4 is 0 Å². The first-order valence-electron chi connectivity index (χ1n) is 3.74. The van der Waals surface area contributed by atoms with Crippen LogP contribution >= 0.6 is 0 Å². The highest BCUT2D eigenvalue weighted by Crippen LogP contribution is 2.37. The first kappa shape index (κ1) is 7.58. The second-order valence-corrected chi connectivity index (χ2v) is 2.80. The van der Waals surface area contributed by atoms with Crippen LogP contribution in [0, 0.1) is 18.4 Å². The summed E-state index contributed by atoms with van der Waals surface area (Å²) in [5.41, 5.74) is 0. The van der Waals surface area contributed by atoms with E-state index in [1.165, 1.54) is 19.4 Å². The van der Waals surface area contributed by atoms with Crippen molar-refractivity contribution in [2.75, 3.05) is 0 Å². The molecule has 0 aromatic carbocycles. The lowest BCUT2D eigenvalue weighted by atomic mass is 10.1. The van der Waals surface area contributed by atoms with Crippen molar-refractivity contribution in [2.45, 2.75) is 26.7 Å². The van der Waals surface area contributed by atoms with Gasteiger partial charge >= 0.3 is 5.97 Å². The Hall–Kier alpha value is -0.530. The van der Waals surface area contributed by atoms with Crippen molar-refractivity contribution < 1.29 is 9.53 Å². The zero-order valence-corrected chi connectivity index (χ0v) is 6.46. The third-order valence-corrected chi connectivity index (χ3v) is 1.93. The number of ether oxygens (including phenoxy) is 1. The molecule has 0 aliphatic heterocycles. The average Bonchev–Trinajstić information content (AvgIpc) is 2.68. The van der Waals surface area contributed by atoms with Crippen LogP contribution in [-0.2, 0) is 9.53 Å². The Bertz CT molecular complexity index is 127. The van der Waals surface area contributed by atoms with Crippen LogP contribution in [0.1, 0.15) is 26.7 Å². The molecule has 1 saturated carbocycles. The van der Waals surface area contributed by atoms with E-state index in [-0.39, 0.29) is 11.9 Å². The highest BCUT2D eigenvalue weighted by molar-refractivity contribution is 5.73. The van der Waals surface area contributed by atoms with Crippen molar-refractivity contribution in [2.24, 2.45) is 11.8 Å². The first-order valence-corrected chi connectivity index (χ1v) is 3.74. The molecule has 1 fully saturated rings. The minimum atomic E-state index is -0.0787. The summed E-state index contributed by atoms with van der Waals surface area (Å²) in [4.78, 5) is 11.0. The van der Waals surface area contributed by atoms with E-state index in [0.29, 0.717) is 5.92 Å². The van der Waals surface area contributed by atoms with Gasteiger partial charge in [-0.15, -0.1) is 0 Å². The van der Waals surface area contributed by atoms with Crippen molar-refractivity contribution in [3.05, 3.63) is 6.61 Å². The topological polar surface area (TPSA) is 26.3 Å². The van der Waals surface area contributed by atoms with Crippen molar-refractivity contribution in [1.82, 2.24) is 0 Å². The van der Waals surface area contributed by atoms with Gasteiger partial charge in [-0.1, -0.05) is 6.92 Å². The molecule has 1 aliphatic carbocycles. The van der Waals surface area contributed by atoms with Crippen molar-refractivity contribution in [3.63, 3.8) is 0 Å². The van der Waals surface area contributed by atoms with Gasteiger partial charge in [-0.3, -0.25) is 4.79 Å². The summed E-state index contributed by atoms with van der Waals surface area (Å²) in [6.45, 7) is 5.10. The van der Waals surface area contributed by atoms with Crippen molar-refractivity contribution in [1.29, 1.82) is 0 Å². The number of hydrogen-bond donors (Lipinski definition) is 0. The van der Waals surface area contributed by atoms with E-state index >= 15 is 0 Å². The molecule has 1 aliphatic rings. The molecule has 0 amide bonds. The summed E-state index contributed by atoms with van der Waals surface area (Å²) in [5.74, 6) is 0.633. The molecule has 1 radical (unpaired) electrons.